The van der Waals surface area contributed by atoms with E-state index < -0.39 is 0 Å². The van der Waals surface area contributed by atoms with Crippen molar-refractivity contribution < 1.29 is 9.59 Å². The molecule has 118 valence electrons. The fraction of sp³-hybridized carbons (Fsp3) is 0.875. The topological polar surface area (TPSA) is 58.2 Å². The van der Waals surface area contributed by atoms with Gasteiger partial charge in [0.1, 0.15) is 0 Å². The number of hydrogen-bond acceptors (Lipinski definition) is 2. The Hall–Kier alpha value is -1.06. The molecule has 0 aliphatic heterocycles. The van der Waals surface area contributed by atoms with Gasteiger partial charge in [0.2, 0.25) is 11.8 Å². The van der Waals surface area contributed by atoms with Crippen molar-refractivity contribution in [3.8, 4) is 0 Å². The molecule has 0 saturated heterocycles. The Morgan fingerprint density at radius 1 is 0.850 bits per heavy atom. The third kappa shape index (κ3) is 13.4. The predicted octanol–water partition coefficient (Wildman–Crippen LogP) is 3.01. The molecule has 0 aromatic carbocycles. The summed E-state index contributed by atoms with van der Waals surface area (Å²) < 4.78 is 0. The fourth-order valence-electron chi connectivity index (χ4n) is 1.80. The lowest BCUT2D eigenvalue weighted by molar-refractivity contribution is -0.127. The van der Waals surface area contributed by atoms with Crippen molar-refractivity contribution in [2.24, 2.45) is 5.41 Å². The smallest absolute Gasteiger partial charge is 0.220 e. The first kappa shape index (κ1) is 18.9. The number of carbonyl (C=O) groups is 2. The predicted molar refractivity (Wildman–Crippen MR) is 83.4 cm³/mol. The van der Waals surface area contributed by atoms with Gasteiger partial charge in [-0.25, -0.2) is 0 Å². The van der Waals surface area contributed by atoms with E-state index in [1.54, 1.807) is 0 Å². The van der Waals surface area contributed by atoms with Gasteiger partial charge < -0.3 is 10.6 Å². The van der Waals surface area contributed by atoms with E-state index in [2.05, 4.69) is 31.4 Å². The van der Waals surface area contributed by atoms with Crippen LogP contribution >= 0.6 is 0 Å². The van der Waals surface area contributed by atoms with E-state index in [1.807, 2.05) is 20.8 Å². The van der Waals surface area contributed by atoms with Gasteiger partial charge in [-0.1, -0.05) is 27.2 Å². The van der Waals surface area contributed by atoms with Crippen LogP contribution in [0.3, 0.4) is 0 Å². The Labute approximate surface area is 124 Å². The molecular weight excluding hydrogens is 252 g/mol. The normalized spacial score (nSPS) is 12.1. The van der Waals surface area contributed by atoms with Gasteiger partial charge in [-0.15, -0.1) is 0 Å². The molecule has 0 spiro atoms. The van der Waals surface area contributed by atoms with Crippen molar-refractivity contribution in [3.05, 3.63) is 0 Å². The molecule has 0 aliphatic rings. The standard InChI is InChI=1S/C16H32N2O2/c1-15(2,3)11-7-8-12-17-13(19)9-10-14(20)18-16(4,5)6/h7-12H2,1-6H3,(H,17,19)(H,18,20). The van der Waals surface area contributed by atoms with E-state index in [1.165, 1.54) is 0 Å². The zero-order chi connectivity index (χ0) is 15.8. The molecule has 0 atom stereocenters. The molecule has 0 fully saturated rings. The van der Waals surface area contributed by atoms with Gasteiger partial charge in [0.15, 0.2) is 0 Å². The first-order chi connectivity index (χ1) is 8.99. The monoisotopic (exact) mass is 284 g/mol. The molecule has 0 saturated carbocycles. The van der Waals surface area contributed by atoms with Gasteiger partial charge >= 0.3 is 0 Å². The van der Waals surface area contributed by atoms with Crippen molar-refractivity contribution >= 4 is 11.8 Å². The maximum atomic E-state index is 11.6. The minimum Gasteiger partial charge on any atom is -0.356 e. The van der Waals surface area contributed by atoms with Crippen LogP contribution in [0, 0.1) is 5.41 Å². The third-order valence-corrected chi connectivity index (χ3v) is 2.77. The third-order valence-electron chi connectivity index (χ3n) is 2.77. The summed E-state index contributed by atoms with van der Waals surface area (Å²) >= 11 is 0. The van der Waals surface area contributed by atoms with Gasteiger partial charge in [0.05, 0.1) is 0 Å². The van der Waals surface area contributed by atoms with Crippen LogP contribution in [0.25, 0.3) is 0 Å². The number of unbranched alkanes of at least 4 members (excludes halogenated alkanes) is 1. The largest absolute Gasteiger partial charge is 0.356 e. The van der Waals surface area contributed by atoms with Crippen LogP contribution in [0.1, 0.15) is 73.6 Å². The van der Waals surface area contributed by atoms with E-state index in [0.717, 1.165) is 19.3 Å². The SMILES string of the molecule is CC(C)(C)CCCCNC(=O)CCC(=O)NC(C)(C)C. The minimum absolute atomic E-state index is 0.0372. The number of hydrogen-bond donors (Lipinski definition) is 2. The Balaban J connectivity index is 3.62. The molecule has 0 aromatic heterocycles. The maximum absolute atomic E-state index is 11.6. The highest BCUT2D eigenvalue weighted by atomic mass is 16.2. The molecule has 0 heterocycles. The summed E-state index contributed by atoms with van der Waals surface area (Å²) in [6.45, 7) is 13.2. The Bertz CT molecular complexity index is 311. The maximum Gasteiger partial charge on any atom is 0.220 e. The Morgan fingerprint density at radius 3 is 1.90 bits per heavy atom. The van der Waals surface area contributed by atoms with Crippen molar-refractivity contribution in [2.45, 2.75) is 79.2 Å². The van der Waals surface area contributed by atoms with Crippen LogP contribution in [0.15, 0.2) is 0 Å². The van der Waals surface area contributed by atoms with Crippen LogP contribution in [0.4, 0.5) is 0 Å². The van der Waals surface area contributed by atoms with Gasteiger partial charge in [0.25, 0.3) is 0 Å². The first-order valence-corrected chi connectivity index (χ1v) is 7.57. The highest BCUT2D eigenvalue weighted by Crippen LogP contribution is 2.21. The quantitative estimate of drug-likeness (QED) is 0.706. The van der Waals surface area contributed by atoms with Crippen molar-refractivity contribution in [1.82, 2.24) is 10.6 Å². The van der Waals surface area contributed by atoms with Crippen LogP contribution in [-0.4, -0.2) is 23.9 Å². The second kappa shape index (κ2) is 8.28. The summed E-state index contributed by atoms with van der Waals surface area (Å²) in [5.41, 5.74) is 0.121. The lowest BCUT2D eigenvalue weighted by Crippen LogP contribution is -2.41. The lowest BCUT2D eigenvalue weighted by atomic mass is 9.90. The molecule has 0 unspecified atom stereocenters. The Kier molecular flexibility index (Phi) is 7.84. The number of nitrogens with one attached hydrogen (secondary N) is 2. The molecule has 4 heteroatoms. The summed E-state index contributed by atoms with van der Waals surface area (Å²) in [7, 11) is 0. The number of rotatable bonds is 7. The van der Waals surface area contributed by atoms with Crippen LogP contribution in [-0.2, 0) is 9.59 Å². The highest BCUT2D eigenvalue weighted by Gasteiger charge is 2.14. The van der Waals surface area contributed by atoms with E-state index in [-0.39, 0.29) is 30.2 Å². The van der Waals surface area contributed by atoms with E-state index in [4.69, 9.17) is 0 Å². The number of carbonyl (C=O) groups excluding carboxylic acids is 2. The summed E-state index contributed by atoms with van der Waals surface area (Å²) in [5, 5.41) is 5.72. The summed E-state index contributed by atoms with van der Waals surface area (Å²) in [6, 6.07) is 0. The zero-order valence-corrected chi connectivity index (χ0v) is 14.1. The van der Waals surface area contributed by atoms with Crippen LogP contribution < -0.4 is 10.6 Å². The van der Waals surface area contributed by atoms with E-state index in [0.29, 0.717) is 12.0 Å². The molecule has 0 rings (SSSR count). The Morgan fingerprint density at radius 2 is 1.40 bits per heavy atom. The number of amides is 2. The van der Waals surface area contributed by atoms with Gasteiger partial charge in [-0.3, -0.25) is 9.59 Å². The molecular formula is C16H32N2O2. The molecule has 0 aromatic rings. The molecule has 0 aliphatic carbocycles. The molecule has 2 amide bonds. The summed E-state index contributed by atoms with van der Waals surface area (Å²) in [6.07, 6.45) is 3.80. The first-order valence-electron chi connectivity index (χ1n) is 7.57. The highest BCUT2D eigenvalue weighted by molar-refractivity contribution is 5.83. The van der Waals surface area contributed by atoms with Crippen LogP contribution in [0.5, 0.6) is 0 Å². The average Bonchev–Trinajstić information content (AvgIpc) is 2.22. The molecule has 0 radical (unpaired) electrons. The molecule has 20 heavy (non-hydrogen) atoms. The van der Waals surface area contributed by atoms with Gasteiger partial charge in [0, 0.05) is 24.9 Å². The van der Waals surface area contributed by atoms with E-state index in [9.17, 15) is 9.59 Å². The van der Waals surface area contributed by atoms with Crippen LogP contribution in [0.2, 0.25) is 0 Å². The second-order valence-electron chi connectivity index (χ2n) is 7.67. The zero-order valence-electron chi connectivity index (χ0n) is 14.1. The van der Waals surface area contributed by atoms with Crippen molar-refractivity contribution in [2.75, 3.05) is 6.54 Å². The van der Waals surface area contributed by atoms with Gasteiger partial charge in [-0.05, 0) is 39.0 Å². The summed E-state index contributed by atoms with van der Waals surface area (Å²) in [4.78, 5) is 23.1. The fourth-order valence-corrected chi connectivity index (χ4v) is 1.80. The lowest BCUT2D eigenvalue weighted by Gasteiger charge is -2.20. The molecule has 4 nitrogen and oxygen atoms in total. The van der Waals surface area contributed by atoms with E-state index >= 15 is 0 Å². The molecule has 2 N–H and O–H groups in total. The average molecular weight is 284 g/mol. The second-order valence-corrected chi connectivity index (χ2v) is 7.67. The minimum atomic E-state index is -0.236. The summed E-state index contributed by atoms with van der Waals surface area (Å²) in [5.74, 6) is -0.106. The van der Waals surface area contributed by atoms with Crippen molar-refractivity contribution in [3.63, 3.8) is 0 Å². The molecule has 0 bridgehead atoms. The van der Waals surface area contributed by atoms with Gasteiger partial charge in [-0.2, -0.15) is 0 Å². The van der Waals surface area contributed by atoms with Crippen molar-refractivity contribution in [1.29, 1.82) is 0 Å².